The van der Waals surface area contributed by atoms with E-state index in [0.29, 0.717) is 25.2 Å². The van der Waals surface area contributed by atoms with Gasteiger partial charge in [-0.2, -0.15) is 0 Å². The molecule has 2 N–H and O–H groups in total. The molecule has 0 aromatic carbocycles. The predicted octanol–water partition coefficient (Wildman–Crippen LogP) is 1.66. The van der Waals surface area contributed by atoms with Gasteiger partial charge in [0.15, 0.2) is 5.96 Å². The molecule has 0 rings (SSSR count). The first-order valence-corrected chi connectivity index (χ1v) is 8.28. The van der Waals surface area contributed by atoms with Crippen LogP contribution in [-0.2, 0) is 14.2 Å². The maximum absolute atomic E-state index is 5.74. The van der Waals surface area contributed by atoms with E-state index in [9.17, 15) is 0 Å². The number of guanidine groups is 1. The van der Waals surface area contributed by atoms with Crippen molar-refractivity contribution in [2.24, 2.45) is 10.9 Å². The van der Waals surface area contributed by atoms with Gasteiger partial charge in [0.1, 0.15) is 0 Å². The monoisotopic (exact) mass is 317 g/mol. The van der Waals surface area contributed by atoms with Crippen molar-refractivity contribution in [3.63, 3.8) is 0 Å². The second-order valence-corrected chi connectivity index (χ2v) is 5.41. The van der Waals surface area contributed by atoms with Crippen LogP contribution in [-0.4, -0.2) is 65.7 Å². The Balaban J connectivity index is 3.70. The fourth-order valence-electron chi connectivity index (χ4n) is 2.00. The number of methoxy groups -OCH3 is 1. The van der Waals surface area contributed by atoms with Gasteiger partial charge in [0.05, 0.1) is 19.3 Å². The van der Waals surface area contributed by atoms with Gasteiger partial charge in [-0.15, -0.1) is 0 Å². The van der Waals surface area contributed by atoms with Crippen LogP contribution >= 0.6 is 0 Å². The highest BCUT2D eigenvalue weighted by molar-refractivity contribution is 5.79. The van der Waals surface area contributed by atoms with E-state index < -0.39 is 0 Å². The van der Waals surface area contributed by atoms with Crippen LogP contribution in [0.15, 0.2) is 4.99 Å². The summed E-state index contributed by atoms with van der Waals surface area (Å²) in [6.45, 7) is 10.9. The normalized spacial score (nSPS) is 13.5. The van der Waals surface area contributed by atoms with E-state index >= 15 is 0 Å². The van der Waals surface area contributed by atoms with Crippen molar-refractivity contribution in [2.75, 3.05) is 53.7 Å². The zero-order valence-corrected chi connectivity index (χ0v) is 15.0. The Labute approximate surface area is 136 Å². The molecule has 6 heteroatoms. The van der Waals surface area contributed by atoms with Crippen LogP contribution in [0.25, 0.3) is 0 Å². The molecule has 1 unspecified atom stereocenters. The molecule has 0 spiro atoms. The average molecular weight is 317 g/mol. The Kier molecular flexibility index (Phi) is 14.5. The summed E-state index contributed by atoms with van der Waals surface area (Å²) in [5.74, 6) is 1.36. The van der Waals surface area contributed by atoms with Crippen molar-refractivity contribution >= 4 is 5.96 Å². The maximum Gasteiger partial charge on any atom is 0.190 e. The van der Waals surface area contributed by atoms with Gasteiger partial charge in [0, 0.05) is 40.5 Å². The number of ether oxygens (including phenoxy) is 3. The first-order chi connectivity index (χ1) is 10.7. The minimum Gasteiger partial charge on any atom is -0.382 e. The number of aliphatic imine (C=N–C) groups is 1. The minimum atomic E-state index is 0.296. The van der Waals surface area contributed by atoms with Crippen molar-refractivity contribution in [1.82, 2.24) is 10.6 Å². The van der Waals surface area contributed by atoms with Gasteiger partial charge in [-0.25, -0.2) is 0 Å². The van der Waals surface area contributed by atoms with Gasteiger partial charge in [-0.3, -0.25) is 4.99 Å². The van der Waals surface area contributed by atoms with Crippen LogP contribution in [0, 0.1) is 5.92 Å². The molecule has 0 radical (unpaired) electrons. The molecule has 0 aliphatic carbocycles. The number of hydrogen-bond donors (Lipinski definition) is 2. The number of rotatable bonds is 13. The largest absolute Gasteiger partial charge is 0.382 e. The van der Waals surface area contributed by atoms with Gasteiger partial charge in [0.25, 0.3) is 0 Å². The molecule has 132 valence electrons. The summed E-state index contributed by atoms with van der Waals surface area (Å²) in [7, 11) is 3.46. The number of hydrogen-bond acceptors (Lipinski definition) is 4. The van der Waals surface area contributed by atoms with Crippen molar-refractivity contribution in [3.8, 4) is 0 Å². The van der Waals surface area contributed by atoms with Crippen molar-refractivity contribution < 1.29 is 14.2 Å². The molecule has 0 saturated carbocycles. The van der Waals surface area contributed by atoms with Crippen LogP contribution in [0.1, 0.15) is 33.6 Å². The van der Waals surface area contributed by atoms with Gasteiger partial charge in [-0.1, -0.05) is 13.8 Å². The molecule has 0 amide bonds. The van der Waals surface area contributed by atoms with E-state index in [1.54, 1.807) is 14.2 Å². The molecule has 1 atom stereocenters. The molecule has 22 heavy (non-hydrogen) atoms. The summed E-state index contributed by atoms with van der Waals surface area (Å²) in [6.07, 6.45) is 2.22. The topological polar surface area (TPSA) is 64.1 Å². The minimum absolute atomic E-state index is 0.296. The Morgan fingerprint density at radius 3 is 2.41 bits per heavy atom. The summed E-state index contributed by atoms with van der Waals surface area (Å²) in [4.78, 5) is 4.22. The standard InChI is InChI=1S/C16H35N3O3/c1-6-22-15(14(2)3)8-10-19-16(17-4)18-9-7-11-21-13-12-20-5/h14-15H,6-13H2,1-5H3,(H2,17,18,19). The summed E-state index contributed by atoms with van der Waals surface area (Å²) in [5.41, 5.74) is 0. The number of nitrogens with one attached hydrogen (secondary N) is 2. The molecular formula is C16H35N3O3. The van der Waals surface area contributed by atoms with E-state index in [2.05, 4.69) is 29.5 Å². The van der Waals surface area contributed by atoms with Crippen LogP contribution < -0.4 is 10.6 Å². The lowest BCUT2D eigenvalue weighted by Gasteiger charge is -2.21. The molecule has 0 bridgehead atoms. The van der Waals surface area contributed by atoms with Crippen molar-refractivity contribution in [2.45, 2.75) is 39.7 Å². The summed E-state index contributed by atoms with van der Waals surface area (Å²) in [6, 6.07) is 0. The third-order valence-electron chi connectivity index (χ3n) is 3.26. The molecule has 0 aromatic heterocycles. The highest BCUT2D eigenvalue weighted by Gasteiger charge is 2.12. The Morgan fingerprint density at radius 2 is 1.82 bits per heavy atom. The van der Waals surface area contributed by atoms with Crippen LogP contribution in [0.2, 0.25) is 0 Å². The average Bonchev–Trinajstić information content (AvgIpc) is 2.51. The van der Waals surface area contributed by atoms with Crippen LogP contribution in [0.3, 0.4) is 0 Å². The highest BCUT2D eigenvalue weighted by Crippen LogP contribution is 2.09. The van der Waals surface area contributed by atoms with E-state index in [4.69, 9.17) is 14.2 Å². The highest BCUT2D eigenvalue weighted by atomic mass is 16.5. The lowest BCUT2D eigenvalue weighted by molar-refractivity contribution is 0.0258. The molecule has 0 fully saturated rings. The Hall–Kier alpha value is -0.850. The fraction of sp³-hybridized carbons (Fsp3) is 0.938. The molecule has 0 aliphatic rings. The van der Waals surface area contributed by atoms with E-state index in [1.807, 2.05) is 6.92 Å². The summed E-state index contributed by atoms with van der Waals surface area (Å²) < 4.78 is 16.1. The van der Waals surface area contributed by atoms with Crippen LogP contribution in [0.4, 0.5) is 0 Å². The Bertz CT molecular complexity index is 273. The van der Waals surface area contributed by atoms with E-state index in [-0.39, 0.29) is 0 Å². The zero-order chi connectivity index (χ0) is 16.6. The molecule has 0 saturated heterocycles. The van der Waals surface area contributed by atoms with Crippen molar-refractivity contribution in [1.29, 1.82) is 0 Å². The first kappa shape index (κ1) is 21.1. The smallest absolute Gasteiger partial charge is 0.190 e. The fourth-order valence-corrected chi connectivity index (χ4v) is 2.00. The molecular weight excluding hydrogens is 282 g/mol. The predicted molar refractivity (Wildman–Crippen MR) is 91.5 cm³/mol. The van der Waals surface area contributed by atoms with Gasteiger partial charge in [0.2, 0.25) is 0 Å². The second-order valence-electron chi connectivity index (χ2n) is 5.41. The molecule has 6 nitrogen and oxygen atoms in total. The Morgan fingerprint density at radius 1 is 1.09 bits per heavy atom. The van der Waals surface area contributed by atoms with Gasteiger partial charge >= 0.3 is 0 Å². The second kappa shape index (κ2) is 15.1. The van der Waals surface area contributed by atoms with E-state index in [1.165, 1.54) is 0 Å². The van der Waals surface area contributed by atoms with Gasteiger partial charge in [-0.05, 0) is 25.7 Å². The summed E-state index contributed by atoms with van der Waals surface area (Å²) >= 11 is 0. The van der Waals surface area contributed by atoms with Crippen LogP contribution in [0.5, 0.6) is 0 Å². The maximum atomic E-state index is 5.74. The SMILES string of the molecule is CCOC(CCNC(=NC)NCCCOCCOC)C(C)C. The third kappa shape index (κ3) is 11.8. The molecule has 0 heterocycles. The third-order valence-corrected chi connectivity index (χ3v) is 3.26. The molecule has 0 aromatic rings. The zero-order valence-electron chi connectivity index (χ0n) is 15.0. The lowest BCUT2D eigenvalue weighted by Crippen LogP contribution is -2.39. The first-order valence-electron chi connectivity index (χ1n) is 8.28. The van der Waals surface area contributed by atoms with E-state index in [0.717, 1.165) is 45.1 Å². The quantitative estimate of drug-likeness (QED) is 0.307. The van der Waals surface area contributed by atoms with Gasteiger partial charge < -0.3 is 24.8 Å². The number of nitrogens with zero attached hydrogens (tertiary/aromatic N) is 1. The molecule has 0 aliphatic heterocycles. The van der Waals surface area contributed by atoms with Crippen molar-refractivity contribution in [3.05, 3.63) is 0 Å². The lowest BCUT2D eigenvalue weighted by atomic mass is 10.0. The summed E-state index contributed by atoms with van der Waals surface area (Å²) in [5, 5.41) is 6.60.